The predicted octanol–water partition coefficient (Wildman–Crippen LogP) is 2.99. The number of para-hydroxylation sites is 1. The van der Waals surface area contributed by atoms with Crippen molar-refractivity contribution in [3.05, 3.63) is 46.9 Å². The highest BCUT2D eigenvalue weighted by molar-refractivity contribution is 5.77. The molecule has 2 aromatic rings. The molecule has 0 saturated carbocycles. The van der Waals surface area contributed by atoms with E-state index in [4.69, 9.17) is 14.7 Å². The molecule has 1 N–H and O–H groups in total. The van der Waals surface area contributed by atoms with Crippen LogP contribution in [-0.4, -0.2) is 66.0 Å². The van der Waals surface area contributed by atoms with Crippen LogP contribution < -0.4 is 10.1 Å². The Morgan fingerprint density at radius 1 is 1.26 bits per heavy atom. The fourth-order valence-corrected chi connectivity index (χ4v) is 4.54. The first kappa shape index (κ1) is 21.6. The molecule has 1 fully saturated rings. The number of hydrogen-bond acceptors (Lipinski definition) is 6. The molecule has 0 radical (unpaired) electrons. The maximum atomic E-state index is 12.8. The fraction of sp³-hybridized carbons (Fsp3) is 0.542. The zero-order valence-corrected chi connectivity index (χ0v) is 18.9. The summed E-state index contributed by atoms with van der Waals surface area (Å²) in [6, 6.07) is 7.88. The summed E-state index contributed by atoms with van der Waals surface area (Å²) in [6.07, 6.45) is 3.46. The van der Waals surface area contributed by atoms with Crippen molar-refractivity contribution in [2.45, 2.75) is 45.1 Å². The minimum absolute atomic E-state index is 0.110. The van der Waals surface area contributed by atoms with Crippen LogP contribution in [0.1, 0.15) is 47.8 Å². The van der Waals surface area contributed by atoms with Gasteiger partial charge in [0.2, 0.25) is 5.91 Å². The number of likely N-dealkylation sites (N-methyl/N-ethyl adjacent to an activating group) is 1. The lowest BCUT2D eigenvalue weighted by molar-refractivity contribution is -0.132. The molecule has 1 atom stereocenters. The molecule has 0 spiro atoms. The van der Waals surface area contributed by atoms with Gasteiger partial charge in [-0.3, -0.25) is 4.79 Å². The van der Waals surface area contributed by atoms with Gasteiger partial charge in [-0.1, -0.05) is 18.2 Å². The number of amides is 1. The van der Waals surface area contributed by atoms with E-state index in [1.807, 2.05) is 43.1 Å². The fourth-order valence-electron chi connectivity index (χ4n) is 4.54. The van der Waals surface area contributed by atoms with E-state index in [0.29, 0.717) is 32.0 Å². The number of nitrogens with one attached hydrogen (secondary N) is 1. The Morgan fingerprint density at radius 3 is 2.87 bits per heavy atom. The van der Waals surface area contributed by atoms with Gasteiger partial charge in [-0.15, -0.1) is 0 Å². The summed E-state index contributed by atoms with van der Waals surface area (Å²) in [4.78, 5) is 26.9. The molecule has 0 unspecified atom stereocenters. The van der Waals surface area contributed by atoms with Crippen molar-refractivity contribution in [2.75, 3.05) is 45.7 Å². The van der Waals surface area contributed by atoms with Crippen LogP contribution in [0.5, 0.6) is 5.75 Å². The van der Waals surface area contributed by atoms with E-state index >= 15 is 0 Å². The lowest BCUT2D eigenvalue weighted by Gasteiger charge is -2.32. The van der Waals surface area contributed by atoms with Gasteiger partial charge < -0.3 is 19.9 Å². The van der Waals surface area contributed by atoms with E-state index in [9.17, 15) is 4.79 Å². The molecule has 0 bridgehead atoms. The van der Waals surface area contributed by atoms with E-state index in [2.05, 4.69) is 17.3 Å². The van der Waals surface area contributed by atoms with Crippen LogP contribution in [0.25, 0.3) is 0 Å². The van der Waals surface area contributed by atoms with Gasteiger partial charge >= 0.3 is 0 Å². The van der Waals surface area contributed by atoms with Crippen LogP contribution >= 0.6 is 0 Å². The van der Waals surface area contributed by atoms with Crippen molar-refractivity contribution in [3.63, 3.8) is 0 Å². The highest BCUT2D eigenvalue weighted by atomic mass is 16.5. The average Bonchev–Trinajstić information content (AvgIpc) is 2.79. The second-order valence-electron chi connectivity index (χ2n) is 8.64. The second-order valence-corrected chi connectivity index (χ2v) is 8.64. The molecule has 0 aliphatic carbocycles. The predicted molar refractivity (Wildman–Crippen MR) is 121 cm³/mol. The summed E-state index contributed by atoms with van der Waals surface area (Å²) in [5.41, 5.74) is 3.22. The van der Waals surface area contributed by atoms with E-state index in [1.54, 1.807) is 0 Å². The van der Waals surface area contributed by atoms with E-state index in [-0.39, 0.29) is 5.91 Å². The third kappa shape index (κ3) is 4.98. The Hall–Kier alpha value is -2.67. The number of carbonyl (C=O) groups is 1. The number of rotatable bonds is 6. The SMILES string of the molecule is CNc1nc([C@H]2CCCN(C)C2)nc2c1CN(C(=O)CCOc1ccccc1C)CC2. The van der Waals surface area contributed by atoms with Crippen LogP contribution in [-0.2, 0) is 17.8 Å². The van der Waals surface area contributed by atoms with Gasteiger partial charge in [0.25, 0.3) is 0 Å². The Labute approximate surface area is 184 Å². The monoisotopic (exact) mass is 423 g/mol. The molecule has 166 valence electrons. The van der Waals surface area contributed by atoms with Crippen molar-refractivity contribution in [1.82, 2.24) is 19.8 Å². The van der Waals surface area contributed by atoms with Gasteiger partial charge in [0.15, 0.2) is 0 Å². The molecule has 4 rings (SSSR count). The van der Waals surface area contributed by atoms with E-state index in [0.717, 1.165) is 60.1 Å². The molecule has 1 aromatic heterocycles. The molecule has 2 aliphatic heterocycles. The number of piperidine rings is 1. The number of benzene rings is 1. The maximum Gasteiger partial charge on any atom is 0.226 e. The van der Waals surface area contributed by atoms with Crippen molar-refractivity contribution in [3.8, 4) is 5.75 Å². The van der Waals surface area contributed by atoms with Crippen LogP contribution in [0.3, 0.4) is 0 Å². The maximum absolute atomic E-state index is 12.8. The summed E-state index contributed by atoms with van der Waals surface area (Å²) in [6.45, 7) is 5.80. The van der Waals surface area contributed by atoms with Crippen LogP contribution in [0.15, 0.2) is 24.3 Å². The van der Waals surface area contributed by atoms with Gasteiger partial charge in [0.1, 0.15) is 17.4 Å². The molecule has 3 heterocycles. The number of likely N-dealkylation sites (tertiary alicyclic amines) is 1. The number of hydrogen-bond donors (Lipinski definition) is 1. The van der Waals surface area contributed by atoms with Crippen molar-refractivity contribution < 1.29 is 9.53 Å². The van der Waals surface area contributed by atoms with Gasteiger partial charge in [-0.2, -0.15) is 0 Å². The first-order valence-corrected chi connectivity index (χ1v) is 11.3. The summed E-state index contributed by atoms with van der Waals surface area (Å²) in [5, 5.41) is 3.25. The third-order valence-electron chi connectivity index (χ3n) is 6.32. The summed E-state index contributed by atoms with van der Waals surface area (Å²) >= 11 is 0. The van der Waals surface area contributed by atoms with E-state index in [1.165, 1.54) is 6.42 Å². The molecular weight excluding hydrogens is 390 g/mol. The molecule has 1 aromatic carbocycles. The summed E-state index contributed by atoms with van der Waals surface area (Å²) < 4.78 is 5.82. The topological polar surface area (TPSA) is 70.6 Å². The Kier molecular flexibility index (Phi) is 6.70. The number of nitrogens with zero attached hydrogens (tertiary/aromatic N) is 4. The van der Waals surface area contributed by atoms with Crippen molar-refractivity contribution in [1.29, 1.82) is 0 Å². The number of anilines is 1. The van der Waals surface area contributed by atoms with Gasteiger partial charge in [0, 0.05) is 38.0 Å². The average molecular weight is 424 g/mol. The molecule has 7 nitrogen and oxygen atoms in total. The highest BCUT2D eigenvalue weighted by Crippen LogP contribution is 2.29. The summed E-state index contributed by atoms with van der Waals surface area (Å²) in [5.74, 6) is 3.14. The lowest BCUT2D eigenvalue weighted by atomic mass is 9.96. The highest BCUT2D eigenvalue weighted by Gasteiger charge is 2.28. The second kappa shape index (κ2) is 9.64. The molecule has 31 heavy (non-hydrogen) atoms. The molecular formula is C24H33N5O2. The molecule has 1 saturated heterocycles. The molecule has 1 amide bonds. The van der Waals surface area contributed by atoms with Gasteiger partial charge in [-0.05, 0) is 45.0 Å². The van der Waals surface area contributed by atoms with Crippen molar-refractivity contribution in [2.24, 2.45) is 0 Å². The number of aryl methyl sites for hydroxylation is 1. The Morgan fingerprint density at radius 2 is 2.10 bits per heavy atom. The van der Waals surface area contributed by atoms with Gasteiger partial charge in [-0.25, -0.2) is 9.97 Å². The summed E-state index contributed by atoms with van der Waals surface area (Å²) in [7, 11) is 4.06. The zero-order valence-electron chi connectivity index (χ0n) is 18.9. The minimum Gasteiger partial charge on any atom is -0.493 e. The largest absolute Gasteiger partial charge is 0.493 e. The van der Waals surface area contributed by atoms with Gasteiger partial charge in [0.05, 0.1) is 25.3 Å². The smallest absolute Gasteiger partial charge is 0.226 e. The first-order chi connectivity index (χ1) is 15.0. The normalized spacial score (nSPS) is 19.1. The lowest BCUT2D eigenvalue weighted by Crippen LogP contribution is -2.38. The minimum atomic E-state index is 0.110. The molecule has 2 aliphatic rings. The number of aromatic nitrogens is 2. The van der Waals surface area contributed by atoms with Crippen LogP contribution in [0.4, 0.5) is 5.82 Å². The van der Waals surface area contributed by atoms with Crippen LogP contribution in [0.2, 0.25) is 0 Å². The third-order valence-corrected chi connectivity index (χ3v) is 6.32. The number of ether oxygens (including phenoxy) is 1. The Bertz CT molecular complexity index is 915. The molecule has 7 heteroatoms. The number of fused-ring (bicyclic) bond motifs is 1. The quantitative estimate of drug-likeness (QED) is 0.770. The van der Waals surface area contributed by atoms with Crippen molar-refractivity contribution >= 4 is 11.7 Å². The first-order valence-electron chi connectivity index (χ1n) is 11.3. The van der Waals surface area contributed by atoms with E-state index < -0.39 is 0 Å². The standard InChI is InChI=1S/C24H33N5O2/c1-17-7-4-5-9-21(17)31-14-11-22(30)29-13-10-20-19(16-29)24(25-2)27-23(26-20)18-8-6-12-28(3)15-18/h4-5,7,9,18H,6,8,10-16H2,1-3H3,(H,25,26,27)/t18-/m0/s1. The Balaban J connectivity index is 1.40. The van der Waals surface area contributed by atoms with Crippen LogP contribution in [0, 0.1) is 6.92 Å². The zero-order chi connectivity index (χ0) is 21.8. The number of carbonyl (C=O) groups excluding carboxylic acids is 1.